The average Bonchev–Trinajstić information content (AvgIpc) is 1.85. The van der Waals surface area contributed by atoms with E-state index >= 15 is 0 Å². The summed E-state index contributed by atoms with van der Waals surface area (Å²) in [7, 11) is -1.39. The van der Waals surface area contributed by atoms with Crippen LogP contribution in [0.5, 0.6) is 5.75 Å². The van der Waals surface area contributed by atoms with E-state index in [4.69, 9.17) is 4.52 Å². The van der Waals surface area contributed by atoms with Crippen LogP contribution in [0.4, 0.5) is 0 Å². The third-order valence-corrected chi connectivity index (χ3v) is 1.80. The summed E-state index contributed by atoms with van der Waals surface area (Å²) in [4.78, 5) is 0. The van der Waals surface area contributed by atoms with Gasteiger partial charge in [-0.2, -0.15) is 0 Å². The molecule has 0 aromatic heterocycles. The van der Waals surface area contributed by atoms with Gasteiger partial charge >= 0.3 is 0 Å². The van der Waals surface area contributed by atoms with Gasteiger partial charge in [0, 0.05) is 7.11 Å². The first-order valence-corrected chi connectivity index (χ1v) is 6.29. The zero-order valence-corrected chi connectivity index (χ0v) is 7.84. The van der Waals surface area contributed by atoms with Gasteiger partial charge < -0.3 is 4.52 Å². The fraction of sp³-hybridized carbons (Fsp3) is 0.222. The van der Waals surface area contributed by atoms with Crippen molar-refractivity contribution in [1.29, 1.82) is 0 Å². The standard InChI is InChI=1S/C9H13OP/c1-11(2,3)10-9-7-5-4-6-8-9/h4-8H,1H2,2-3H3. The molecule has 1 aromatic rings. The molecule has 0 amide bonds. The van der Waals surface area contributed by atoms with E-state index in [2.05, 4.69) is 6.30 Å². The Morgan fingerprint density at radius 1 is 1.18 bits per heavy atom. The van der Waals surface area contributed by atoms with E-state index < -0.39 is 7.11 Å². The maximum Gasteiger partial charge on any atom is 0.123 e. The molecule has 60 valence electrons. The van der Waals surface area contributed by atoms with Gasteiger partial charge in [0.25, 0.3) is 0 Å². The second-order valence-corrected chi connectivity index (χ2v) is 6.31. The number of hydrogen-bond donors (Lipinski definition) is 0. The predicted molar refractivity (Wildman–Crippen MR) is 53.0 cm³/mol. The van der Waals surface area contributed by atoms with Crippen molar-refractivity contribution in [3.05, 3.63) is 30.3 Å². The summed E-state index contributed by atoms with van der Waals surface area (Å²) in [6.45, 7) is 4.08. The Labute approximate surface area is 68.1 Å². The molecule has 0 unspecified atom stereocenters. The Balaban J connectivity index is 2.74. The van der Waals surface area contributed by atoms with Gasteiger partial charge in [-0.05, 0) is 25.5 Å². The van der Waals surface area contributed by atoms with Crippen LogP contribution in [-0.4, -0.2) is 19.6 Å². The molecule has 0 saturated heterocycles. The van der Waals surface area contributed by atoms with Crippen LogP contribution in [0.1, 0.15) is 0 Å². The summed E-state index contributed by atoms with van der Waals surface area (Å²) in [6.07, 6.45) is 3.95. The fourth-order valence-corrected chi connectivity index (χ4v) is 1.46. The maximum absolute atomic E-state index is 5.60. The minimum absolute atomic E-state index is 0.917. The highest BCUT2D eigenvalue weighted by Gasteiger charge is 1.99. The molecular formula is C9H13OP. The van der Waals surface area contributed by atoms with Crippen LogP contribution in [0.15, 0.2) is 30.3 Å². The Hall–Kier alpha value is -0.680. The number of rotatable bonds is 2. The SMILES string of the molecule is C=P(C)(C)Oc1ccccc1. The van der Waals surface area contributed by atoms with Crippen molar-refractivity contribution in [2.24, 2.45) is 0 Å². The van der Waals surface area contributed by atoms with Gasteiger partial charge in [-0.3, -0.25) is 0 Å². The largest absolute Gasteiger partial charge is 0.478 e. The monoisotopic (exact) mass is 168 g/mol. The molecule has 0 aliphatic rings. The topological polar surface area (TPSA) is 9.23 Å². The minimum atomic E-state index is -1.39. The number of para-hydroxylation sites is 1. The molecule has 0 aliphatic carbocycles. The molecule has 11 heavy (non-hydrogen) atoms. The van der Waals surface area contributed by atoms with Crippen molar-refractivity contribution < 1.29 is 4.52 Å². The van der Waals surface area contributed by atoms with E-state index in [9.17, 15) is 0 Å². The van der Waals surface area contributed by atoms with Crippen molar-refractivity contribution in [1.82, 2.24) is 0 Å². The third-order valence-electron chi connectivity index (χ3n) is 1.10. The molecule has 0 N–H and O–H groups in total. The predicted octanol–water partition coefficient (Wildman–Crippen LogP) is 2.69. The van der Waals surface area contributed by atoms with E-state index in [-0.39, 0.29) is 0 Å². The van der Waals surface area contributed by atoms with E-state index in [1.807, 2.05) is 43.7 Å². The fourth-order valence-electron chi connectivity index (χ4n) is 0.767. The minimum Gasteiger partial charge on any atom is -0.478 e. The van der Waals surface area contributed by atoms with Crippen LogP contribution in [-0.2, 0) is 0 Å². The zero-order valence-electron chi connectivity index (χ0n) is 6.95. The zero-order chi connectivity index (χ0) is 8.32. The summed E-state index contributed by atoms with van der Waals surface area (Å²) in [5, 5.41) is 0. The molecule has 0 spiro atoms. The van der Waals surface area contributed by atoms with Crippen LogP contribution in [0, 0.1) is 0 Å². The highest BCUT2D eigenvalue weighted by Crippen LogP contribution is 2.37. The van der Waals surface area contributed by atoms with Gasteiger partial charge in [0.05, 0.1) is 0 Å². The smallest absolute Gasteiger partial charge is 0.123 e. The average molecular weight is 168 g/mol. The molecule has 0 saturated carbocycles. The quantitative estimate of drug-likeness (QED) is 0.617. The lowest BCUT2D eigenvalue weighted by Crippen LogP contribution is -1.87. The van der Waals surface area contributed by atoms with Gasteiger partial charge in [-0.1, -0.05) is 24.5 Å². The van der Waals surface area contributed by atoms with Gasteiger partial charge in [0.2, 0.25) is 0 Å². The van der Waals surface area contributed by atoms with Crippen molar-refractivity contribution in [3.63, 3.8) is 0 Å². The van der Waals surface area contributed by atoms with Crippen molar-refractivity contribution in [2.45, 2.75) is 0 Å². The normalized spacial score (nSPS) is 11.1. The molecule has 1 nitrogen and oxygen atoms in total. The van der Waals surface area contributed by atoms with Gasteiger partial charge in [-0.25, -0.2) is 0 Å². The Kier molecular flexibility index (Phi) is 2.41. The lowest BCUT2D eigenvalue weighted by Gasteiger charge is -2.14. The highest BCUT2D eigenvalue weighted by molar-refractivity contribution is 7.68. The first-order valence-electron chi connectivity index (χ1n) is 3.51. The van der Waals surface area contributed by atoms with E-state index in [1.54, 1.807) is 0 Å². The summed E-state index contributed by atoms with van der Waals surface area (Å²) < 4.78 is 5.60. The number of hydrogen-bond acceptors (Lipinski definition) is 1. The Morgan fingerprint density at radius 3 is 2.18 bits per heavy atom. The van der Waals surface area contributed by atoms with Crippen LogP contribution in [0.2, 0.25) is 0 Å². The molecule has 1 aromatic carbocycles. The second-order valence-electron chi connectivity index (χ2n) is 2.98. The summed E-state index contributed by atoms with van der Waals surface area (Å²) in [5.74, 6) is 0.917. The molecule has 1 rings (SSSR count). The van der Waals surface area contributed by atoms with E-state index in [0.717, 1.165) is 5.75 Å². The third kappa shape index (κ3) is 3.29. The summed E-state index contributed by atoms with van der Waals surface area (Å²) in [5.41, 5.74) is 0. The first-order chi connectivity index (χ1) is 5.08. The summed E-state index contributed by atoms with van der Waals surface area (Å²) >= 11 is 0. The molecule has 2 heteroatoms. The van der Waals surface area contributed by atoms with E-state index in [1.165, 1.54) is 0 Å². The molecule has 0 atom stereocenters. The van der Waals surface area contributed by atoms with E-state index in [0.29, 0.717) is 0 Å². The highest BCUT2D eigenvalue weighted by atomic mass is 31.2. The van der Waals surface area contributed by atoms with Crippen molar-refractivity contribution in [2.75, 3.05) is 13.3 Å². The molecule has 0 aliphatic heterocycles. The lowest BCUT2D eigenvalue weighted by atomic mass is 10.3. The molecule has 0 bridgehead atoms. The van der Waals surface area contributed by atoms with Gasteiger partial charge in [-0.15, -0.1) is 0 Å². The lowest BCUT2D eigenvalue weighted by molar-refractivity contribution is 0.620. The second kappa shape index (κ2) is 3.15. The molecule has 0 heterocycles. The maximum atomic E-state index is 5.60. The van der Waals surface area contributed by atoms with Crippen molar-refractivity contribution >= 4 is 13.4 Å². The first kappa shape index (κ1) is 8.42. The Bertz CT molecular complexity index is 260. The molecule has 0 fully saturated rings. The van der Waals surface area contributed by atoms with Crippen LogP contribution in [0.3, 0.4) is 0 Å². The molecular weight excluding hydrogens is 155 g/mol. The van der Waals surface area contributed by atoms with Crippen molar-refractivity contribution in [3.8, 4) is 5.75 Å². The van der Waals surface area contributed by atoms with Gasteiger partial charge in [0.15, 0.2) is 0 Å². The number of benzene rings is 1. The Morgan fingerprint density at radius 2 is 1.73 bits per heavy atom. The van der Waals surface area contributed by atoms with Crippen LogP contribution < -0.4 is 4.52 Å². The summed E-state index contributed by atoms with van der Waals surface area (Å²) in [6, 6.07) is 9.80. The molecule has 0 radical (unpaired) electrons. The van der Waals surface area contributed by atoms with Crippen LogP contribution in [0.25, 0.3) is 0 Å². The van der Waals surface area contributed by atoms with Crippen LogP contribution >= 0.6 is 7.11 Å². The van der Waals surface area contributed by atoms with Gasteiger partial charge in [0.1, 0.15) is 5.75 Å².